The summed E-state index contributed by atoms with van der Waals surface area (Å²) in [5, 5.41) is 12.1. The molecule has 142 valence electrons. The molecular formula is C17H29N3O4S. The van der Waals surface area contributed by atoms with Gasteiger partial charge in [0.15, 0.2) is 0 Å². The van der Waals surface area contributed by atoms with Crippen LogP contribution in [0.3, 0.4) is 0 Å². The molecule has 0 bridgehead atoms. The van der Waals surface area contributed by atoms with Crippen LogP contribution < -0.4 is 5.32 Å². The van der Waals surface area contributed by atoms with Crippen molar-refractivity contribution in [3.05, 3.63) is 18.3 Å². The first-order valence-corrected chi connectivity index (χ1v) is 10.0. The Labute approximate surface area is 150 Å². The number of aliphatic carboxylic acids is 1. The number of rotatable bonds is 10. The maximum atomic E-state index is 12.8. The van der Waals surface area contributed by atoms with E-state index < -0.39 is 22.0 Å². The summed E-state index contributed by atoms with van der Waals surface area (Å²) in [6.45, 7) is 9.29. The standard InChI is InChI=1S/C17H29N3O4S/c1-6-7-8-15(17(21)22)19-16-10-9-14(11-18-16)25(23,24)20(12(2)3)13(4)5/h9-13,15H,6-8H2,1-5H3,(H,18,19)(H,21,22)/t15-/m0/s1. The van der Waals surface area contributed by atoms with Gasteiger partial charge < -0.3 is 10.4 Å². The second-order valence-electron chi connectivity index (χ2n) is 6.58. The molecule has 1 aromatic heterocycles. The van der Waals surface area contributed by atoms with Crippen molar-refractivity contribution in [3.8, 4) is 0 Å². The molecule has 1 rings (SSSR count). The fraction of sp³-hybridized carbons (Fsp3) is 0.647. The monoisotopic (exact) mass is 371 g/mol. The summed E-state index contributed by atoms with van der Waals surface area (Å²) < 4.78 is 27.0. The van der Waals surface area contributed by atoms with Crippen molar-refractivity contribution in [1.29, 1.82) is 0 Å². The minimum Gasteiger partial charge on any atom is -0.480 e. The van der Waals surface area contributed by atoms with E-state index >= 15 is 0 Å². The second kappa shape index (κ2) is 9.15. The fourth-order valence-corrected chi connectivity index (χ4v) is 4.52. The minimum absolute atomic E-state index is 0.0980. The third kappa shape index (κ3) is 5.67. The van der Waals surface area contributed by atoms with Crippen LogP contribution in [-0.2, 0) is 14.8 Å². The molecule has 0 saturated carbocycles. The largest absolute Gasteiger partial charge is 0.480 e. The molecule has 0 aliphatic heterocycles. The Morgan fingerprint density at radius 3 is 2.24 bits per heavy atom. The summed E-state index contributed by atoms with van der Waals surface area (Å²) in [5.41, 5.74) is 0. The highest BCUT2D eigenvalue weighted by Crippen LogP contribution is 2.21. The molecule has 7 nitrogen and oxygen atoms in total. The molecule has 0 spiro atoms. The van der Waals surface area contributed by atoms with E-state index in [1.54, 1.807) is 0 Å². The van der Waals surface area contributed by atoms with Gasteiger partial charge in [0.25, 0.3) is 0 Å². The first-order valence-electron chi connectivity index (χ1n) is 8.60. The van der Waals surface area contributed by atoms with Crippen molar-refractivity contribution in [3.63, 3.8) is 0 Å². The lowest BCUT2D eigenvalue weighted by Crippen LogP contribution is -2.41. The van der Waals surface area contributed by atoms with Gasteiger partial charge in [-0.25, -0.2) is 18.2 Å². The molecule has 0 radical (unpaired) electrons. The lowest BCUT2D eigenvalue weighted by molar-refractivity contribution is -0.138. The van der Waals surface area contributed by atoms with Gasteiger partial charge >= 0.3 is 5.97 Å². The lowest BCUT2D eigenvalue weighted by Gasteiger charge is -2.29. The number of aromatic nitrogens is 1. The SMILES string of the molecule is CCCC[C@H](Nc1ccc(S(=O)(=O)N(C(C)C)C(C)C)cn1)C(=O)O. The molecule has 0 amide bonds. The molecule has 0 fully saturated rings. The van der Waals surface area contributed by atoms with Crippen LogP contribution in [-0.4, -0.2) is 46.9 Å². The molecular weight excluding hydrogens is 342 g/mol. The van der Waals surface area contributed by atoms with Gasteiger partial charge in [-0.15, -0.1) is 0 Å². The van der Waals surface area contributed by atoms with Crippen molar-refractivity contribution in [1.82, 2.24) is 9.29 Å². The van der Waals surface area contributed by atoms with Crippen molar-refractivity contribution in [2.24, 2.45) is 0 Å². The Morgan fingerprint density at radius 2 is 1.84 bits per heavy atom. The number of sulfonamides is 1. The summed E-state index contributed by atoms with van der Waals surface area (Å²) in [7, 11) is -3.65. The van der Waals surface area contributed by atoms with E-state index in [-0.39, 0.29) is 17.0 Å². The van der Waals surface area contributed by atoms with Crippen LogP contribution in [0.2, 0.25) is 0 Å². The van der Waals surface area contributed by atoms with E-state index in [0.717, 1.165) is 12.8 Å². The Bertz CT molecular complexity index is 649. The maximum Gasteiger partial charge on any atom is 0.326 e. The van der Waals surface area contributed by atoms with Gasteiger partial charge in [-0.1, -0.05) is 19.8 Å². The summed E-state index contributed by atoms with van der Waals surface area (Å²) in [6.07, 6.45) is 3.45. The Hall–Kier alpha value is -1.67. The molecule has 1 aromatic rings. The molecule has 0 aromatic carbocycles. The summed E-state index contributed by atoms with van der Waals surface area (Å²) >= 11 is 0. The fourth-order valence-electron chi connectivity index (χ4n) is 2.74. The predicted octanol–water partition coefficient (Wildman–Crippen LogP) is 2.94. The average molecular weight is 372 g/mol. The number of carbonyl (C=O) groups is 1. The van der Waals surface area contributed by atoms with Crippen LogP contribution in [0.5, 0.6) is 0 Å². The third-order valence-electron chi connectivity index (χ3n) is 3.80. The minimum atomic E-state index is -3.65. The van der Waals surface area contributed by atoms with Crippen molar-refractivity contribution >= 4 is 21.8 Å². The maximum absolute atomic E-state index is 12.8. The van der Waals surface area contributed by atoms with Crippen LogP contribution in [0, 0.1) is 0 Å². The van der Waals surface area contributed by atoms with Crippen molar-refractivity contribution in [2.45, 2.75) is 76.9 Å². The van der Waals surface area contributed by atoms with Gasteiger partial charge in [0.2, 0.25) is 10.0 Å². The van der Waals surface area contributed by atoms with Gasteiger partial charge in [-0.3, -0.25) is 0 Å². The second-order valence-corrected chi connectivity index (χ2v) is 8.42. The van der Waals surface area contributed by atoms with Gasteiger partial charge in [0, 0.05) is 18.3 Å². The highest BCUT2D eigenvalue weighted by Gasteiger charge is 2.29. The summed E-state index contributed by atoms with van der Waals surface area (Å²) in [4.78, 5) is 15.5. The van der Waals surface area contributed by atoms with Crippen molar-refractivity contribution < 1.29 is 18.3 Å². The van der Waals surface area contributed by atoms with Crippen LogP contribution in [0.15, 0.2) is 23.2 Å². The number of carboxylic acids is 1. The summed E-state index contributed by atoms with van der Waals surface area (Å²) in [6, 6.07) is 1.88. The quantitative estimate of drug-likeness (QED) is 0.656. The number of pyridine rings is 1. The van der Waals surface area contributed by atoms with Crippen LogP contribution >= 0.6 is 0 Å². The van der Waals surface area contributed by atoms with E-state index in [2.05, 4.69) is 10.3 Å². The molecule has 25 heavy (non-hydrogen) atoms. The topological polar surface area (TPSA) is 99.6 Å². The highest BCUT2D eigenvalue weighted by molar-refractivity contribution is 7.89. The Kier molecular flexibility index (Phi) is 7.82. The van der Waals surface area contributed by atoms with E-state index in [1.807, 2.05) is 34.6 Å². The molecule has 1 atom stereocenters. The molecule has 0 aliphatic rings. The van der Waals surface area contributed by atoms with Gasteiger partial charge in [0.1, 0.15) is 16.8 Å². The van der Waals surface area contributed by atoms with E-state index in [9.17, 15) is 18.3 Å². The van der Waals surface area contributed by atoms with Gasteiger partial charge in [-0.2, -0.15) is 4.31 Å². The first kappa shape index (κ1) is 21.4. The van der Waals surface area contributed by atoms with E-state index in [4.69, 9.17) is 0 Å². The first-order chi connectivity index (χ1) is 11.6. The number of unbranched alkanes of at least 4 members (excludes halogenated alkanes) is 1. The zero-order chi connectivity index (χ0) is 19.2. The average Bonchev–Trinajstić information content (AvgIpc) is 2.50. The molecule has 0 unspecified atom stereocenters. The third-order valence-corrected chi connectivity index (χ3v) is 6.03. The van der Waals surface area contributed by atoms with Gasteiger partial charge in [0.05, 0.1) is 0 Å². The van der Waals surface area contributed by atoms with Crippen molar-refractivity contribution in [2.75, 3.05) is 5.32 Å². The zero-order valence-corrected chi connectivity index (χ0v) is 16.4. The van der Waals surface area contributed by atoms with Crippen LogP contribution in [0.1, 0.15) is 53.9 Å². The predicted molar refractivity (Wildman–Crippen MR) is 98.1 cm³/mol. The summed E-state index contributed by atoms with van der Waals surface area (Å²) in [5.74, 6) is -0.596. The lowest BCUT2D eigenvalue weighted by atomic mass is 10.1. The zero-order valence-electron chi connectivity index (χ0n) is 15.6. The van der Waals surface area contributed by atoms with E-state index in [0.29, 0.717) is 12.2 Å². The number of nitrogens with one attached hydrogen (secondary N) is 1. The molecule has 0 aliphatic carbocycles. The van der Waals surface area contributed by atoms with Gasteiger partial charge in [-0.05, 0) is 46.2 Å². The molecule has 1 heterocycles. The van der Waals surface area contributed by atoms with E-state index in [1.165, 1.54) is 22.6 Å². The number of carboxylic acid groups (broad SMARTS) is 1. The molecule has 2 N–H and O–H groups in total. The number of anilines is 1. The Morgan fingerprint density at radius 1 is 1.24 bits per heavy atom. The smallest absolute Gasteiger partial charge is 0.326 e. The number of hydrogen-bond acceptors (Lipinski definition) is 5. The van der Waals surface area contributed by atoms with Crippen LogP contribution in [0.4, 0.5) is 5.82 Å². The normalized spacial score (nSPS) is 13.4. The molecule has 0 saturated heterocycles. The molecule has 8 heteroatoms. The Balaban J connectivity index is 3.00. The highest BCUT2D eigenvalue weighted by atomic mass is 32.2. The van der Waals surface area contributed by atoms with Crippen LogP contribution in [0.25, 0.3) is 0 Å². The number of nitrogens with zero attached hydrogens (tertiary/aromatic N) is 2. The number of hydrogen-bond donors (Lipinski definition) is 2.